The van der Waals surface area contributed by atoms with Gasteiger partial charge in [-0.15, -0.1) is 0 Å². The lowest BCUT2D eigenvalue weighted by molar-refractivity contribution is -0.117. The van der Waals surface area contributed by atoms with Gasteiger partial charge in [0.05, 0.1) is 13.5 Å². The molecular weight excluding hydrogens is 264 g/mol. The van der Waals surface area contributed by atoms with Crippen LogP contribution >= 0.6 is 0 Å². The molecule has 0 atom stereocenters. The monoisotopic (exact) mass is 284 g/mol. The van der Waals surface area contributed by atoms with Crippen molar-refractivity contribution in [1.29, 1.82) is 0 Å². The third kappa shape index (κ3) is 3.40. The normalized spacial score (nSPS) is 10.7. The van der Waals surface area contributed by atoms with Crippen molar-refractivity contribution in [2.75, 3.05) is 7.11 Å². The van der Waals surface area contributed by atoms with Crippen LogP contribution in [0.2, 0.25) is 0 Å². The summed E-state index contributed by atoms with van der Waals surface area (Å²) in [6.45, 7) is 4.22. The first-order valence-electron chi connectivity index (χ1n) is 6.93. The summed E-state index contributed by atoms with van der Waals surface area (Å²) in [5.74, 6) is 0.542. The van der Waals surface area contributed by atoms with Crippen molar-refractivity contribution in [3.05, 3.63) is 47.7 Å². The van der Waals surface area contributed by atoms with Crippen molar-refractivity contribution < 1.29 is 9.53 Å². The Morgan fingerprint density at radius 3 is 2.71 bits per heavy atom. The third-order valence-corrected chi connectivity index (χ3v) is 3.44. The molecule has 0 saturated carbocycles. The fourth-order valence-corrected chi connectivity index (χ4v) is 2.48. The molecule has 0 aliphatic heterocycles. The molecule has 2 aromatic rings. The number of nitrogens with two attached hydrogens (primary N) is 1. The van der Waals surface area contributed by atoms with Crippen LogP contribution in [0.25, 0.3) is 11.1 Å². The second kappa shape index (κ2) is 6.39. The van der Waals surface area contributed by atoms with E-state index in [-0.39, 0.29) is 12.3 Å². The molecule has 2 rings (SSSR count). The summed E-state index contributed by atoms with van der Waals surface area (Å²) < 4.78 is 5.17. The minimum atomic E-state index is -0.328. The molecule has 0 bridgehead atoms. The fraction of sp³-hybridized carbons (Fsp3) is 0.294. The van der Waals surface area contributed by atoms with Gasteiger partial charge in [-0.25, -0.2) is 4.98 Å². The van der Waals surface area contributed by atoms with E-state index in [2.05, 4.69) is 18.8 Å². The van der Waals surface area contributed by atoms with E-state index in [1.165, 1.54) is 0 Å². The molecule has 1 heterocycles. The van der Waals surface area contributed by atoms with Crippen LogP contribution in [0.15, 0.2) is 36.5 Å². The summed E-state index contributed by atoms with van der Waals surface area (Å²) in [7, 11) is 1.58. The van der Waals surface area contributed by atoms with E-state index in [0.29, 0.717) is 11.8 Å². The molecule has 0 radical (unpaired) electrons. The number of hydrogen-bond acceptors (Lipinski definition) is 3. The summed E-state index contributed by atoms with van der Waals surface area (Å²) in [5.41, 5.74) is 9.51. The highest BCUT2D eigenvalue weighted by Crippen LogP contribution is 2.31. The van der Waals surface area contributed by atoms with Gasteiger partial charge in [-0.2, -0.15) is 0 Å². The minimum Gasteiger partial charge on any atom is -0.481 e. The van der Waals surface area contributed by atoms with Gasteiger partial charge in [0.25, 0.3) is 0 Å². The van der Waals surface area contributed by atoms with Crippen molar-refractivity contribution in [3.8, 4) is 17.0 Å². The first-order chi connectivity index (χ1) is 10.0. The number of methoxy groups -OCH3 is 1. The second-order valence-electron chi connectivity index (χ2n) is 5.26. The molecule has 4 nitrogen and oxygen atoms in total. The van der Waals surface area contributed by atoms with Crippen molar-refractivity contribution in [2.45, 2.75) is 26.2 Å². The lowest BCUT2D eigenvalue weighted by atomic mass is 9.88. The summed E-state index contributed by atoms with van der Waals surface area (Å²) in [6, 6.07) is 9.82. The lowest BCUT2D eigenvalue weighted by Gasteiger charge is -2.17. The molecule has 4 heteroatoms. The Labute approximate surface area is 125 Å². The van der Waals surface area contributed by atoms with Crippen LogP contribution in [-0.4, -0.2) is 18.0 Å². The number of hydrogen-bond donors (Lipinski definition) is 1. The van der Waals surface area contributed by atoms with Crippen LogP contribution in [-0.2, 0) is 11.2 Å². The van der Waals surface area contributed by atoms with Crippen molar-refractivity contribution in [2.24, 2.45) is 5.73 Å². The van der Waals surface area contributed by atoms with E-state index in [0.717, 1.165) is 22.3 Å². The summed E-state index contributed by atoms with van der Waals surface area (Å²) in [5, 5.41) is 0. The second-order valence-corrected chi connectivity index (χ2v) is 5.26. The van der Waals surface area contributed by atoms with Crippen LogP contribution in [0.1, 0.15) is 30.9 Å². The average Bonchev–Trinajstić information content (AvgIpc) is 2.46. The van der Waals surface area contributed by atoms with E-state index < -0.39 is 0 Å². The molecule has 0 saturated heterocycles. The zero-order valence-corrected chi connectivity index (χ0v) is 12.6. The van der Waals surface area contributed by atoms with Gasteiger partial charge in [0, 0.05) is 12.3 Å². The first-order valence-corrected chi connectivity index (χ1v) is 6.93. The molecule has 0 spiro atoms. The number of amides is 1. The van der Waals surface area contributed by atoms with Crippen molar-refractivity contribution >= 4 is 5.91 Å². The molecule has 21 heavy (non-hydrogen) atoms. The summed E-state index contributed by atoms with van der Waals surface area (Å²) in [6.07, 6.45) is 1.93. The lowest BCUT2D eigenvalue weighted by Crippen LogP contribution is -2.16. The predicted octanol–water partition coefficient (Wildman–Crippen LogP) is 2.91. The van der Waals surface area contributed by atoms with Crippen LogP contribution < -0.4 is 10.5 Å². The zero-order valence-electron chi connectivity index (χ0n) is 12.6. The zero-order chi connectivity index (χ0) is 15.4. The van der Waals surface area contributed by atoms with Crippen LogP contribution in [0, 0.1) is 0 Å². The van der Waals surface area contributed by atoms with Crippen LogP contribution in [0.4, 0.5) is 0 Å². The maximum Gasteiger partial charge on any atom is 0.221 e. The van der Waals surface area contributed by atoms with Gasteiger partial charge in [-0.05, 0) is 34.2 Å². The van der Waals surface area contributed by atoms with Gasteiger partial charge < -0.3 is 10.5 Å². The molecule has 0 aliphatic carbocycles. The van der Waals surface area contributed by atoms with Gasteiger partial charge in [0.1, 0.15) is 0 Å². The molecule has 1 aromatic carbocycles. The number of ether oxygens (including phenoxy) is 1. The highest BCUT2D eigenvalue weighted by molar-refractivity contribution is 5.81. The van der Waals surface area contributed by atoms with Gasteiger partial charge in [0.2, 0.25) is 11.8 Å². The van der Waals surface area contributed by atoms with E-state index >= 15 is 0 Å². The Kier molecular flexibility index (Phi) is 4.58. The van der Waals surface area contributed by atoms with E-state index in [9.17, 15) is 4.79 Å². The Bertz CT molecular complexity index is 651. The Balaban J connectivity index is 2.61. The van der Waals surface area contributed by atoms with Crippen LogP contribution in [0.5, 0.6) is 5.88 Å². The van der Waals surface area contributed by atoms with E-state index in [4.69, 9.17) is 10.5 Å². The fourth-order valence-electron chi connectivity index (χ4n) is 2.48. The number of pyridine rings is 1. The summed E-state index contributed by atoms with van der Waals surface area (Å²) in [4.78, 5) is 15.6. The van der Waals surface area contributed by atoms with Gasteiger partial charge >= 0.3 is 0 Å². The largest absolute Gasteiger partial charge is 0.481 e. The molecular formula is C17H20N2O2. The van der Waals surface area contributed by atoms with Gasteiger partial charge in [-0.1, -0.05) is 32.0 Å². The molecule has 0 unspecified atom stereocenters. The maximum absolute atomic E-state index is 11.4. The van der Waals surface area contributed by atoms with Gasteiger partial charge in [-0.3, -0.25) is 4.79 Å². The Hall–Kier alpha value is -2.36. The van der Waals surface area contributed by atoms with Gasteiger partial charge in [0.15, 0.2) is 0 Å². The van der Waals surface area contributed by atoms with Crippen molar-refractivity contribution in [3.63, 3.8) is 0 Å². The average molecular weight is 284 g/mol. The topological polar surface area (TPSA) is 65.2 Å². The predicted molar refractivity (Wildman–Crippen MR) is 83.2 cm³/mol. The molecule has 0 aliphatic rings. The third-order valence-electron chi connectivity index (χ3n) is 3.44. The molecule has 2 N–H and O–H groups in total. The molecule has 110 valence electrons. The number of carbonyl (C=O) groups is 1. The summed E-state index contributed by atoms with van der Waals surface area (Å²) >= 11 is 0. The molecule has 1 amide bonds. The molecule has 1 aromatic heterocycles. The Morgan fingerprint density at radius 1 is 1.33 bits per heavy atom. The smallest absolute Gasteiger partial charge is 0.221 e. The number of primary amides is 1. The highest BCUT2D eigenvalue weighted by atomic mass is 16.5. The molecule has 0 fully saturated rings. The standard InChI is InChI=1S/C17H20N2O2/c1-11(2)13-5-4-6-14(15(13)10-16(18)20)12-7-8-19-17(9-12)21-3/h4-9,11H,10H2,1-3H3,(H2,18,20). The number of aromatic nitrogens is 1. The number of nitrogens with zero attached hydrogens (tertiary/aromatic N) is 1. The van der Waals surface area contributed by atoms with E-state index in [1.54, 1.807) is 13.3 Å². The SMILES string of the molecule is COc1cc(-c2cccc(C(C)C)c2CC(N)=O)ccn1. The maximum atomic E-state index is 11.4. The van der Waals surface area contributed by atoms with E-state index in [1.807, 2.05) is 30.3 Å². The number of rotatable bonds is 5. The van der Waals surface area contributed by atoms with Crippen molar-refractivity contribution in [1.82, 2.24) is 4.98 Å². The minimum absolute atomic E-state index is 0.230. The quantitative estimate of drug-likeness (QED) is 0.918. The highest BCUT2D eigenvalue weighted by Gasteiger charge is 2.15. The number of carbonyl (C=O) groups excluding carboxylic acids is 1. The van der Waals surface area contributed by atoms with Crippen LogP contribution in [0.3, 0.4) is 0 Å². The Morgan fingerprint density at radius 2 is 2.10 bits per heavy atom. The number of benzene rings is 1. The first kappa shape index (κ1) is 15.0.